The molecule has 0 saturated carbocycles. The van der Waals surface area contributed by atoms with Crippen LogP contribution in [0.3, 0.4) is 0 Å². The molecule has 1 amide bonds. The van der Waals surface area contributed by atoms with Gasteiger partial charge in [0.1, 0.15) is 0 Å². The molecule has 2 N–H and O–H groups in total. The zero-order chi connectivity index (χ0) is 15.4. The van der Waals surface area contributed by atoms with Crippen molar-refractivity contribution in [3.05, 3.63) is 36.0 Å². The number of H-pyrrole nitrogens is 1. The number of nitrogens with one attached hydrogen (secondary N) is 1. The third kappa shape index (κ3) is 3.31. The average molecular weight is 302 g/mol. The van der Waals surface area contributed by atoms with E-state index in [-0.39, 0.29) is 18.6 Å². The number of carbonyl (C=O) groups is 1. The molecule has 3 rings (SSSR count). The number of carbonyl (C=O) groups excluding carboxylic acids is 1. The van der Waals surface area contributed by atoms with Crippen molar-refractivity contribution in [2.45, 2.75) is 25.4 Å². The van der Waals surface area contributed by atoms with Crippen LogP contribution in [0.2, 0.25) is 0 Å². The summed E-state index contributed by atoms with van der Waals surface area (Å²) in [5.41, 5.74) is 1.72. The van der Waals surface area contributed by atoms with Crippen LogP contribution in [-0.2, 0) is 4.74 Å². The van der Waals surface area contributed by atoms with Crippen molar-refractivity contribution in [2.75, 3.05) is 26.3 Å². The molecule has 0 spiro atoms. The predicted octanol–water partition coefficient (Wildman–Crippen LogP) is 2.17. The SMILES string of the molecule is O=C(c1ccc2cc[nH]c2c1)N1CCC(OCCCO)CC1. The molecule has 5 heteroatoms. The number of hydrogen-bond acceptors (Lipinski definition) is 3. The van der Waals surface area contributed by atoms with E-state index in [0.717, 1.165) is 42.4 Å². The first-order valence-corrected chi connectivity index (χ1v) is 7.87. The summed E-state index contributed by atoms with van der Waals surface area (Å²) in [5, 5.41) is 9.88. The van der Waals surface area contributed by atoms with Gasteiger partial charge in [-0.15, -0.1) is 0 Å². The lowest BCUT2D eigenvalue weighted by Gasteiger charge is -2.32. The summed E-state index contributed by atoms with van der Waals surface area (Å²) >= 11 is 0. The van der Waals surface area contributed by atoms with Gasteiger partial charge in [0, 0.05) is 43.6 Å². The molecule has 118 valence electrons. The Labute approximate surface area is 129 Å². The summed E-state index contributed by atoms with van der Waals surface area (Å²) in [6.07, 6.45) is 4.49. The van der Waals surface area contributed by atoms with Crippen molar-refractivity contribution in [2.24, 2.45) is 0 Å². The molecule has 0 unspecified atom stereocenters. The number of ether oxygens (including phenoxy) is 1. The Kier molecular flexibility index (Phi) is 4.75. The van der Waals surface area contributed by atoms with Crippen LogP contribution in [-0.4, -0.2) is 53.3 Å². The van der Waals surface area contributed by atoms with Crippen LogP contribution in [0.4, 0.5) is 0 Å². The van der Waals surface area contributed by atoms with Gasteiger partial charge in [-0.05, 0) is 42.8 Å². The van der Waals surface area contributed by atoms with Gasteiger partial charge in [0.15, 0.2) is 0 Å². The van der Waals surface area contributed by atoms with Crippen molar-refractivity contribution in [1.82, 2.24) is 9.88 Å². The minimum absolute atomic E-state index is 0.0882. The Morgan fingerprint density at radius 3 is 2.91 bits per heavy atom. The normalized spacial score (nSPS) is 16.3. The highest BCUT2D eigenvalue weighted by atomic mass is 16.5. The largest absolute Gasteiger partial charge is 0.396 e. The molecule has 1 aromatic carbocycles. The maximum absolute atomic E-state index is 12.6. The van der Waals surface area contributed by atoms with Crippen LogP contribution < -0.4 is 0 Å². The van der Waals surface area contributed by atoms with Gasteiger partial charge in [-0.2, -0.15) is 0 Å². The van der Waals surface area contributed by atoms with E-state index >= 15 is 0 Å². The highest BCUT2D eigenvalue weighted by molar-refractivity contribution is 5.97. The number of fused-ring (bicyclic) bond motifs is 1. The van der Waals surface area contributed by atoms with Gasteiger partial charge in [-0.25, -0.2) is 0 Å². The van der Waals surface area contributed by atoms with Crippen molar-refractivity contribution < 1.29 is 14.6 Å². The maximum atomic E-state index is 12.6. The van der Waals surface area contributed by atoms with Gasteiger partial charge in [0.25, 0.3) is 5.91 Å². The number of piperidine rings is 1. The summed E-state index contributed by atoms with van der Waals surface area (Å²) < 4.78 is 5.70. The molecular formula is C17H22N2O3. The average Bonchev–Trinajstić information content (AvgIpc) is 3.02. The van der Waals surface area contributed by atoms with Crippen LogP contribution in [0.1, 0.15) is 29.6 Å². The quantitative estimate of drug-likeness (QED) is 0.832. The molecule has 1 aliphatic heterocycles. The molecule has 1 fully saturated rings. The maximum Gasteiger partial charge on any atom is 0.253 e. The standard InChI is InChI=1S/C17H22N2O3/c20-10-1-11-22-15-5-8-19(9-6-15)17(21)14-3-2-13-4-7-18-16(13)12-14/h2-4,7,12,15,18,20H,1,5-6,8-11H2. The zero-order valence-corrected chi connectivity index (χ0v) is 12.6. The summed E-state index contributed by atoms with van der Waals surface area (Å²) in [6, 6.07) is 7.78. The smallest absolute Gasteiger partial charge is 0.253 e. The second-order valence-corrected chi connectivity index (χ2v) is 5.72. The van der Waals surface area contributed by atoms with Gasteiger partial charge < -0.3 is 19.7 Å². The Morgan fingerprint density at radius 1 is 1.32 bits per heavy atom. The molecule has 1 aliphatic rings. The summed E-state index contributed by atoms with van der Waals surface area (Å²) in [7, 11) is 0. The van der Waals surface area contributed by atoms with Crippen molar-refractivity contribution in [1.29, 1.82) is 0 Å². The summed E-state index contributed by atoms with van der Waals surface area (Å²) in [4.78, 5) is 17.6. The molecule has 1 aromatic heterocycles. The number of aliphatic hydroxyl groups is 1. The zero-order valence-electron chi connectivity index (χ0n) is 12.6. The Morgan fingerprint density at radius 2 is 2.14 bits per heavy atom. The Balaban J connectivity index is 1.57. The van der Waals surface area contributed by atoms with Crippen molar-refractivity contribution in [3.63, 3.8) is 0 Å². The summed E-state index contributed by atoms with van der Waals surface area (Å²) in [5.74, 6) is 0.0882. The second kappa shape index (κ2) is 6.94. The lowest BCUT2D eigenvalue weighted by atomic mass is 10.1. The molecule has 22 heavy (non-hydrogen) atoms. The van der Waals surface area contributed by atoms with E-state index in [0.29, 0.717) is 13.0 Å². The van der Waals surface area contributed by atoms with Crippen molar-refractivity contribution >= 4 is 16.8 Å². The highest BCUT2D eigenvalue weighted by Gasteiger charge is 2.24. The molecule has 0 bridgehead atoms. The van der Waals surface area contributed by atoms with Gasteiger partial charge in [0.05, 0.1) is 6.10 Å². The predicted molar refractivity (Wildman–Crippen MR) is 84.9 cm³/mol. The monoisotopic (exact) mass is 302 g/mol. The first-order valence-electron chi connectivity index (χ1n) is 7.87. The lowest BCUT2D eigenvalue weighted by Crippen LogP contribution is -2.41. The number of aromatic amines is 1. The number of likely N-dealkylation sites (tertiary alicyclic amines) is 1. The van der Waals surface area contributed by atoms with Gasteiger partial charge in [-0.1, -0.05) is 6.07 Å². The number of nitrogens with zero attached hydrogens (tertiary/aromatic N) is 1. The van der Waals surface area contributed by atoms with Gasteiger partial charge >= 0.3 is 0 Å². The van der Waals surface area contributed by atoms with Crippen molar-refractivity contribution in [3.8, 4) is 0 Å². The molecule has 2 heterocycles. The molecular weight excluding hydrogens is 280 g/mol. The lowest BCUT2D eigenvalue weighted by molar-refractivity contribution is 0.00398. The summed E-state index contributed by atoms with van der Waals surface area (Å²) in [6.45, 7) is 2.22. The number of hydrogen-bond donors (Lipinski definition) is 2. The molecule has 0 radical (unpaired) electrons. The molecule has 0 atom stereocenters. The third-order valence-electron chi connectivity index (χ3n) is 4.19. The number of aliphatic hydroxyl groups excluding tert-OH is 1. The Bertz CT molecular complexity index is 630. The van der Waals surface area contributed by atoms with E-state index in [1.807, 2.05) is 35.4 Å². The Hall–Kier alpha value is -1.85. The van der Waals surface area contributed by atoms with E-state index in [1.54, 1.807) is 0 Å². The molecule has 5 nitrogen and oxygen atoms in total. The van der Waals surface area contributed by atoms with Crippen LogP contribution in [0.5, 0.6) is 0 Å². The number of amides is 1. The second-order valence-electron chi connectivity index (χ2n) is 5.72. The number of benzene rings is 1. The fraction of sp³-hybridized carbons (Fsp3) is 0.471. The van der Waals surface area contributed by atoms with E-state index in [4.69, 9.17) is 9.84 Å². The van der Waals surface area contributed by atoms with Crippen LogP contribution in [0.15, 0.2) is 30.5 Å². The first-order chi connectivity index (χ1) is 10.8. The van der Waals surface area contributed by atoms with Gasteiger partial charge in [-0.3, -0.25) is 4.79 Å². The van der Waals surface area contributed by atoms with Crippen LogP contribution >= 0.6 is 0 Å². The highest BCUT2D eigenvalue weighted by Crippen LogP contribution is 2.19. The fourth-order valence-corrected chi connectivity index (χ4v) is 2.90. The van der Waals surface area contributed by atoms with Gasteiger partial charge in [0.2, 0.25) is 0 Å². The number of aromatic nitrogens is 1. The fourth-order valence-electron chi connectivity index (χ4n) is 2.90. The van der Waals surface area contributed by atoms with E-state index in [1.165, 1.54) is 0 Å². The minimum atomic E-state index is 0.0882. The first kappa shape index (κ1) is 15.1. The van der Waals surface area contributed by atoms with E-state index in [9.17, 15) is 4.79 Å². The molecule has 1 saturated heterocycles. The minimum Gasteiger partial charge on any atom is -0.396 e. The van der Waals surface area contributed by atoms with E-state index < -0.39 is 0 Å². The topological polar surface area (TPSA) is 65.6 Å². The molecule has 2 aromatic rings. The molecule has 0 aliphatic carbocycles. The number of rotatable bonds is 5. The van der Waals surface area contributed by atoms with Crippen LogP contribution in [0.25, 0.3) is 10.9 Å². The van der Waals surface area contributed by atoms with Crippen LogP contribution in [0, 0.1) is 0 Å². The third-order valence-corrected chi connectivity index (χ3v) is 4.19. The van der Waals surface area contributed by atoms with E-state index in [2.05, 4.69) is 4.98 Å².